The van der Waals surface area contributed by atoms with Crippen LogP contribution in [0.1, 0.15) is 264 Å². The van der Waals surface area contributed by atoms with Crippen LogP contribution in [0.2, 0.25) is 0 Å². The van der Waals surface area contributed by atoms with Crippen molar-refractivity contribution in [2.24, 2.45) is 0 Å². The number of aliphatic hydroxyl groups excluding tert-OH is 7. The van der Waals surface area contributed by atoms with Gasteiger partial charge in [-0.3, -0.25) is 4.79 Å². The van der Waals surface area contributed by atoms with E-state index >= 15 is 0 Å². The number of unbranched alkanes of at least 4 members (excludes halogenated alkanes) is 34. The summed E-state index contributed by atoms with van der Waals surface area (Å²) in [7, 11) is 0. The Bertz CT molecular complexity index is 1350. The van der Waals surface area contributed by atoms with Crippen molar-refractivity contribution in [2.75, 3.05) is 33.0 Å². The van der Waals surface area contributed by atoms with Crippen LogP contribution in [-0.2, 0) is 33.2 Å². The minimum Gasteiger partial charge on any atom is -0.457 e. The lowest BCUT2D eigenvalue weighted by Gasteiger charge is -2.42. The maximum Gasteiger partial charge on any atom is 0.306 e. The monoisotopic (exact) mass is 1080 g/mol. The molecule has 0 aromatic rings. The van der Waals surface area contributed by atoms with Crippen LogP contribution in [-0.4, -0.2) is 142 Å². The molecule has 0 saturated carbocycles. The number of esters is 1. The van der Waals surface area contributed by atoms with Crippen LogP contribution in [0.4, 0.5) is 0 Å². The number of rotatable bonds is 52. The molecule has 0 bridgehead atoms. The summed E-state index contributed by atoms with van der Waals surface area (Å²) in [5.41, 5.74) is 0. The maximum atomic E-state index is 13.1. The van der Waals surface area contributed by atoms with Crippen LogP contribution < -0.4 is 0 Å². The molecular weight excluding hydrogens is 969 g/mol. The van der Waals surface area contributed by atoms with E-state index < -0.39 is 80.7 Å². The first-order valence-electron chi connectivity index (χ1n) is 31.4. The minimum absolute atomic E-state index is 0.0650. The van der Waals surface area contributed by atoms with Gasteiger partial charge in [-0.2, -0.15) is 0 Å². The van der Waals surface area contributed by atoms with Crippen molar-refractivity contribution in [1.82, 2.24) is 0 Å². The van der Waals surface area contributed by atoms with E-state index in [-0.39, 0.29) is 25.6 Å². The van der Waals surface area contributed by atoms with Crippen LogP contribution in [0.15, 0.2) is 24.3 Å². The fourth-order valence-electron chi connectivity index (χ4n) is 10.1. The first-order valence-corrected chi connectivity index (χ1v) is 31.4. The SMILES string of the molecule is CCCCCCC/C=C\C/C=C\CCCCCCCCCCCC(=O)OC(COCCCCCCCCCCCCCCCCCCCCCCC)COC1OC(COC2OC(CO)C(O)C(O)C2O)C(O)C(O)C1O. The van der Waals surface area contributed by atoms with E-state index in [2.05, 4.69) is 38.2 Å². The van der Waals surface area contributed by atoms with Crippen LogP contribution in [0.5, 0.6) is 0 Å². The molecule has 11 unspecified atom stereocenters. The molecule has 11 atom stereocenters. The van der Waals surface area contributed by atoms with E-state index in [1.807, 2.05) is 0 Å². The standard InChI is InChI=1S/C62H116O14/c1-3-5-7-9-11-13-15-17-19-21-23-25-27-29-31-33-35-37-39-41-43-45-54(64)74-51(48-71-46-44-42-40-38-36-34-32-30-28-26-24-22-20-18-16-14-12-10-8-6-4-2)49-72-61-60(70)58(68)56(66)53(76-61)50-73-62-59(69)57(67)55(65)52(47-63)75-62/h15,17,21,23,51-53,55-63,65-70H,3-14,16,18-20,22,24-50H2,1-2H3/b17-15-,23-21-. The van der Waals surface area contributed by atoms with Crippen molar-refractivity contribution in [2.45, 2.75) is 332 Å². The van der Waals surface area contributed by atoms with Gasteiger partial charge in [0.25, 0.3) is 0 Å². The van der Waals surface area contributed by atoms with Gasteiger partial charge in [0.15, 0.2) is 12.6 Å². The Morgan fingerprint density at radius 2 is 0.816 bits per heavy atom. The summed E-state index contributed by atoms with van der Waals surface area (Å²) in [5, 5.41) is 72.4. The Kier molecular flexibility index (Phi) is 45.8. The zero-order valence-corrected chi connectivity index (χ0v) is 48.3. The minimum atomic E-state index is -1.71. The molecule has 2 rings (SSSR count). The molecule has 76 heavy (non-hydrogen) atoms. The number of hydrogen-bond donors (Lipinski definition) is 7. The van der Waals surface area contributed by atoms with Crippen molar-refractivity contribution in [1.29, 1.82) is 0 Å². The molecule has 14 heteroatoms. The molecule has 2 heterocycles. The molecule has 0 amide bonds. The molecular formula is C62H116O14. The highest BCUT2D eigenvalue weighted by atomic mass is 16.7. The highest BCUT2D eigenvalue weighted by molar-refractivity contribution is 5.69. The first kappa shape index (κ1) is 70.6. The number of ether oxygens (including phenoxy) is 6. The van der Waals surface area contributed by atoms with Gasteiger partial charge in [0.1, 0.15) is 54.9 Å². The van der Waals surface area contributed by atoms with Gasteiger partial charge in [-0.25, -0.2) is 0 Å². The van der Waals surface area contributed by atoms with Gasteiger partial charge < -0.3 is 64.2 Å². The van der Waals surface area contributed by atoms with E-state index in [4.69, 9.17) is 28.4 Å². The molecule has 2 aliphatic heterocycles. The normalized spacial score (nSPS) is 24.5. The largest absolute Gasteiger partial charge is 0.457 e. The quantitative estimate of drug-likeness (QED) is 0.0172. The Labute approximate surface area is 462 Å². The molecule has 0 aromatic heterocycles. The van der Waals surface area contributed by atoms with E-state index in [1.165, 1.54) is 186 Å². The number of carbonyl (C=O) groups excluding carboxylic acids is 1. The van der Waals surface area contributed by atoms with Crippen molar-refractivity contribution in [3.8, 4) is 0 Å². The molecule has 0 spiro atoms. The third-order valence-corrected chi connectivity index (χ3v) is 15.2. The second-order valence-electron chi connectivity index (χ2n) is 22.2. The Balaban J connectivity index is 1.68. The lowest BCUT2D eigenvalue weighted by molar-refractivity contribution is -0.332. The van der Waals surface area contributed by atoms with Crippen molar-refractivity contribution in [3.05, 3.63) is 24.3 Å². The summed E-state index contributed by atoms with van der Waals surface area (Å²) in [6.07, 6.45) is 40.9. The Morgan fingerprint density at radius 1 is 0.434 bits per heavy atom. The highest BCUT2D eigenvalue weighted by Gasteiger charge is 2.47. The van der Waals surface area contributed by atoms with Crippen molar-refractivity contribution >= 4 is 5.97 Å². The predicted octanol–water partition coefficient (Wildman–Crippen LogP) is 11.9. The zero-order valence-electron chi connectivity index (χ0n) is 48.3. The number of allylic oxidation sites excluding steroid dienone is 4. The van der Waals surface area contributed by atoms with Gasteiger partial charge in [-0.15, -0.1) is 0 Å². The van der Waals surface area contributed by atoms with Crippen LogP contribution in [0.25, 0.3) is 0 Å². The molecule has 0 radical (unpaired) electrons. The van der Waals surface area contributed by atoms with Crippen LogP contribution in [0, 0.1) is 0 Å². The molecule has 7 N–H and O–H groups in total. The fourth-order valence-corrected chi connectivity index (χ4v) is 10.1. The van der Waals surface area contributed by atoms with E-state index in [0.717, 1.165) is 51.4 Å². The molecule has 2 aliphatic rings. The topological polar surface area (TPSA) is 214 Å². The predicted molar refractivity (Wildman–Crippen MR) is 303 cm³/mol. The van der Waals surface area contributed by atoms with Crippen molar-refractivity contribution < 1.29 is 69.0 Å². The first-order chi connectivity index (χ1) is 37.1. The lowest BCUT2D eigenvalue weighted by Crippen LogP contribution is -2.61. The average Bonchev–Trinajstić information content (AvgIpc) is 3.42. The second-order valence-corrected chi connectivity index (χ2v) is 22.2. The summed E-state index contributed by atoms with van der Waals surface area (Å²) in [6.45, 7) is 3.74. The number of hydrogen-bond acceptors (Lipinski definition) is 14. The molecule has 448 valence electrons. The highest BCUT2D eigenvalue weighted by Crippen LogP contribution is 2.27. The summed E-state index contributed by atoms with van der Waals surface area (Å²) in [4.78, 5) is 13.1. The molecule has 14 nitrogen and oxygen atoms in total. The van der Waals surface area contributed by atoms with E-state index in [0.29, 0.717) is 13.0 Å². The van der Waals surface area contributed by atoms with Gasteiger partial charge in [-0.05, 0) is 44.9 Å². The molecule has 0 aromatic carbocycles. The van der Waals surface area contributed by atoms with E-state index in [1.54, 1.807) is 0 Å². The van der Waals surface area contributed by atoms with Gasteiger partial charge in [0.2, 0.25) is 0 Å². The maximum absolute atomic E-state index is 13.1. The Hall–Kier alpha value is -1.53. The van der Waals surface area contributed by atoms with Crippen molar-refractivity contribution in [3.63, 3.8) is 0 Å². The summed E-state index contributed by atoms with van der Waals surface area (Å²) in [5.74, 6) is -0.375. The Morgan fingerprint density at radius 3 is 1.26 bits per heavy atom. The summed E-state index contributed by atoms with van der Waals surface area (Å²) >= 11 is 0. The molecule has 2 saturated heterocycles. The summed E-state index contributed by atoms with van der Waals surface area (Å²) < 4.78 is 34.5. The van der Waals surface area contributed by atoms with Gasteiger partial charge in [0.05, 0.1) is 26.4 Å². The zero-order chi connectivity index (χ0) is 55.1. The van der Waals surface area contributed by atoms with Crippen LogP contribution >= 0.6 is 0 Å². The summed E-state index contributed by atoms with van der Waals surface area (Å²) in [6, 6.07) is 0. The number of aliphatic hydroxyl groups is 7. The fraction of sp³-hybridized carbons (Fsp3) is 0.919. The smallest absolute Gasteiger partial charge is 0.306 e. The third kappa shape index (κ3) is 35.3. The third-order valence-electron chi connectivity index (χ3n) is 15.2. The van der Waals surface area contributed by atoms with Gasteiger partial charge >= 0.3 is 5.97 Å². The van der Waals surface area contributed by atoms with Gasteiger partial charge in [0, 0.05) is 13.0 Å². The average molecular weight is 1090 g/mol. The lowest BCUT2D eigenvalue weighted by atomic mass is 9.98. The molecule has 2 fully saturated rings. The van der Waals surface area contributed by atoms with Crippen LogP contribution in [0.3, 0.4) is 0 Å². The second kappa shape index (κ2) is 49.3. The molecule has 0 aliphatic carbocycles. The van der Waals surface area contributed by atoms with Gasteiger partial charge in [-0.1, -0.05) is 237 Å². The van der Waals surface area contributed by atoms with E-state index in [9.17, 15) is 40.5 Å². The number of carbonyl (C=O) groups is 1.